The molecule has 1 amide bonds. The minimum absolute atomic E-state index is 0.0183. The first-order valence-corrected chi connectivity index (χ1v) is 7.25. The number of aliphatic hydroxyl groups is 1. The number of nitrogens with one attached hydrogen (secondary N) is 1. The van der Waals surface area contributed by atoms with Gasteiger partial charge in [-0.25, -0.2) is 0 Å². The molecule has 0 radical (unpaired) electrons. The molecule has 0 saturated carbocycles. The second kappa shape index (κ2) is 8.72. The van der Waals surface area contributed by atoms with Gasteiger partial charge in [-0.05, 0) is 30.7 Å². The van der Waals surface area contributed by atoms with Gasteiger partial charge in [-0.15, -0.1) is 0 Å². The molecule has 1 rings (SSSR count). The van der Waals surface area contributed by atoms with Crippen LogP contribution in [-0.2, 0) is 11.2 Å². The van der Waals surface area contributed by atoms with Crippen molar-refractivity contribution in [2.75, 3.05) is 6.61 Å². The van der Waals surface area contributed by atoms with Crippen LogP contribution in [0, 0.1) is 5.92 Å². The zero-order valence-electron chi connectivity index (χ0n) is 12.4. The summed E-state index contributed by atoms with van der Waals surface area (Å²) in [4.78, 5) is 12.0. The summed E-state index contributed by atoms with van der Waals surface area (Å²) in [6.07, 6.45) is 1.98. The van der Waals surface area contributed by atoms with Gasteiger partial charge < -0.3 is 16.2 Å². The summed E-state index contributed by atoms with van der Waals surface area (Å²) in [6.45, 7) is 4.12. The Kier molecular flexibility index (Phi) is 7.26. The first kappa shape index (κ1) is 16.7. The molecule has 4 N–H and O–H groups in total. The van der Waals surface area contributed by atoms with Crippen molar-refractivity contribution >= 4 is 5.91 Å². The lowest BCUT2D eigenvalue weighted by molar-refractivity contribution is -0.123. The van der Waals surface area contributed by atoms with Gasteiger partial charge in [-0.2, -0.15) is 0 Å². The molecule has 2 atom stereocenters. The molecule has 0 saturated heterocycles. The average molecular weight is 278 g/mol. The van der Waals surface area contributed by atoms with E-state index >= 15 is 0 Å². The Labute approximate surface area is 121 Å². The Morgan fingerprint density at radius 3 is 2.45 bits per heavy atom. The summed E-state index contributed by atoms with van der Waals surface area (Å²) in [5.41, 5.74) is 7.12. The van der Waals surface area contributed by atoms with Crippen molar-refractivity contribution in [2.45, 2.75) is 45.2 Å². The van der Waals surface area contributed by atoms with E-state index in [0.717, 1.165) is 6.42 Å². The smallest absolute Gasteiger partial charge is 0.237 e. The lowest BCUT2D eigenvalue weighted by Gasteiger charge is -2.23. The highest BCUT2D eigenvalue weighted by atomic mass is 16.3. The molecule has 4 heteroatoms. The van der Waals surface area contributed by atoms with E-state index in [1.807, 2.05) is 44.2 Å². The summed E-state index contributed by atoms with van der Waals surface area (Å²) in [6, 6.07) is 9.48. The number of carbonyl (C=O) groups is 1. The molecular formula is C16H26N2O2. The van der Waals surface area contributed by atoms with Crippen LogP contribution < -0.4 is 11.1 Å². The topological polar surface area (TPSA) is 75.3 Å². The number of carbonyl (C=O) groups excluding carboxylic acids is 1. The first-order valence-electron chi connectivity index (χ1n) is 7.25. The third kappa shape index (κ3) is 5.72. The molecule has 0 bridgehead atoms. The summed E-state index contributed by atoms with van der Waals surface area (Å²) in [5.74, 6) is 0.153. The van der Waals surface area contributed by atoms with Crippen molar-refractivity contribution in [3.63, 3.8) is 0 Å². The molecule has 0 heterocycles. The predicted octanol–water partition coefficient (Wildman–Crippen LogP) is 1.47. The number of aryl methyl sites for hydroxylation is 1. The number of hydrogen-bond acceptors (Lipinski definition) is 3. The molecule has 0 spiro atoms. The maximum absolute atomic E-state index is 12.0. The van der Waals surface area contributed by atoms with Crippen molar-refractivity contribution in [1.29, 1.82) is 0 Å². The molecular weight excluding hydrogens is 252 g/mol. The molecule has 0 fully saturated rings. The fourth-order valence-corrected chi connectivity index (χ4v) is 2.10. The van der Waals surface area contributed by atoms with Gasteiger partial charge in [0, 0.05) is 12.6 Å². The van der Waals surface area contributed by atoms with Crippen LogP contribution in [0.3, 0.4) is 0 Å². The van der Waals surface area contributed by atoms with Gasteiger partial charge in [0.05, 0.1) is 6.04 Å². The lowest BCUT2D eigenvalue weighted by atomic mass is 10.00. The van der Waals surface area contributed by atoms with Crippen LogP contribution >= 0.6 is 0 Å². The van der Waals surface area contributed by atoms with E-state index < -0.39 is 6.04 Å². The highest BCUT2D eigenvalue weighted by Gasteiger charge is 2.19. The fourth-order valence-electron chi connectivity index (χ4n) is 2.10. The highest BCUT2D eigenvalue weighted by Crippen LogP contribution is 2.08. The van der Waals surface area contributed by atoms with E-state index in [4.69, 9.17) is 10.8 Å². The van der Waals surface area contributed by atoms with Gasteiger partial charge in [0.1, 0.15) is 0 Å². The van der Waals surface area contributed by atoms with Crippen LogP contribution in [-0.4, -0.2) is 29.7 Å². The number of benzene rings is 1. The van der Waals surface area contributed by atoms with E-state index in [-0.39, 0.29) is 24.5 Å². The molecule has 0 aromatic heterocycles. The molecule has 20 heavy (non-hydrogen) atoms. The fraction of sp³-hybridized carbons (Fsp3) is 0.562. The quantitative estimate of drug-likeness (QED) is 0.674. The molecule has 1 aromatic rings. The van der Waals surface area contributed by atoms with Crippen molar-refractivity contribution in [3.8, 4) is 0 Å². The second-order valence-electron chi connectivity index (χ2n) is 5.50. The third-order valence-corrected chi connectivity index (χ3v) is 3.50. The van der Waals surface area contributed by atoms with Crippen LogP contribution in [0.2, 0.25) is 0 Å². The van der Waals surface area contributed by atoms with E-state index in [1.165, 1.54) is 5.56 Å². The van der Waals surface area contributed by atoms with Crippen molar-refractivity contribution in [2.24, 2.45) is 11.7 Å². The van der Waals surface area contributed by atoms with Crippen molar-refractivity contribution in [1.82, 2.24) is 5.32 Å². The SMILES string of the molecule is CC(C)C(CCO)NC(=O)[C@@H](N)CCc1ccccc1. The zero-order chi connectivity index (χ0) is 15.0. The Bertz CT molecular complexity index is 393. The summed E-state index contributed by atoms with van der Waals surface area (Å²) in [7, 11) is 0. The van der Waals surface area contributed by atoms with E-state index in [2.05, 4.69) is 5.32 Å². The Balaban J connectivity index is 2.42. The van der Waals surface area contributed by atoms with Crippen molar-refractivity contribution in [3.05, 3.63) is 35.9 Å². The van der Waals surface area contributed by atoms with Gasteiger partial charge >= 0.3 is 0 Å². The van der Waals surface area contributed by atoms with E-state index in [9.17, 15) is 4.79 Å². The molecule has 4 nitrogen and oxygen atoms in total. The monoisotopic (exact) mass is 278 g/mol. The Morgan fingerprint density at radius 1 is 1.25 bits per heavy atom. The van der Waals surface area contributed by atoms with Gasteiger partial charge in [0.2, 0.25) is 5.91 Å². The molecule has 1 aromatic carbocycles. The molecule has 0 aliphatic rings. The maximum Gasteiger partial charge on any atom is 0.237 e. The summed E-state index contributed by atoms with van der Waals surface area (Å²) in [5, 5.41) is 11.9. The Morgan fingerprint density at radius 2 is 1.90 bits per heavy atom. The van der Waals surface area contributed by atoms with Crippen LogP contribution in [0.5, 0.6) is 0 Å². The highest BCUT2D eigenvalue weighted by molar-refractivity contribution is 5.81. The predicted molar refractivity (Wildman–Crippen MR) is 81.2 cm³/mol. The zero-order valence-corrected chi connectivity index (χ0v) is 12.4. The minimum Gasteiger partial charge on any atom is -0.396 e. The minimum atomic E-state index is -0.504. The molecule has 0 aliphatic heterocycles. The van der Waals surface area contributed by atoms with E-state index in [1.54, 1.807) is 0 Å². The molecule has 1 unspecified atom stereocenters. The van der Waals surface area contributed by atoms with Gasteiger partial charge in [-0.3, -0.25) is 4.79 Å². The normalized spacial score (nSPS) is 14.1. The number of nitrogens with two attached hydrogens (primary N) is 1. The first-order chi connectivity index (χ1) is 9.54. The van der Waals surface area contributed by atoms with Crippen LogP contribution in [0.4, 0.5) is 0 Å². The summed E-state index contributed by atoms with van der Waals surface area (Å²) >= 11 is 0. The van der Waals surface area contributed by atoms with Gasteiger partial charge in [0.25, 0.3) is 0 Å². The number of amides is 1. The van der Waals surface area contributed by atoms with E-state index in [0.29, 0.717) is 12.8 Å². The second-order valence-corrected chi connectivity index (χ2v) is 5.50. The van der Waals surface area contributed by atoms with Crippen LogP contribution in [0.15, 0.2) is 30.3 Å². The number of rotatable bonds is 8. The third-order valence-electron chi connectivity index (χ3n) is 3.50. The van der Waals surface area contributed by atoms with Gasteiger partial charge in [-0.1, -0.05) is 44.2 Å². The lowest BCUT2D eigenvalue weighted by Crippen LogP contribution is -2.47. The molecule has 0 aliphatic carbocycles. The summed E-state index contributed by atoms with van der Waals surface area (Å²) < 4.78 is 0. The van der Waals surface area contributed by atoms with Gasteiger partial charge in [0.15, 0.2) is 0 Å². The standard InChI is InChI=1S/C16H26N2O2/c1-12(2)15(10-11-19)18-16(20)14(17)9-8-13-6-4-3-5-7-13/h3-7,12,14-15,19H,8-11,17H2,1-2H3,(H,18,20)/t14-,15?/m0/s1. The number of aliphatic hydroxyl groups excluding tert-OH is 1. The average Bonchev–Trinajstić information content (AvgIpc) is 2.45. The Hall–Kier alpha value is -1.39. The van der Waals surface area contributed by atoms with Crippen molar-refractivity contribution < 1.29 is 9.90 Å². The largest absolute Gasteiger partial charge is 0.396 e. The number of hydrogen-bond donors (Lipinski definition) is 3. The maximum atomic E-state index is 12.0. The van der Waals surface area contributed by atoms with Crippen LogP contribution in [0.1, 0.15) is 32.3 Å². The molecule has 112 valence electrons. The van der Waals surface area contributed by atoms with Crippen LogP contribution in [0.25, 0.3) is 0 Å².